The first kappa shape index (κ1) is 33.3. The molecular weight excluding hydrogens is 594 g/mol. The van der Waals surface area contributed by atoms with Crippen molar-refractivity contribution in [3.8, 4) is 11.3 Å². The van der Waals surface area contributed by atoms with Crippen molar-refractivity contribution in [2.45, 2.75) is 90.3 Å². The molecule has 0 saturated carbocycles. The Morgan fingerprint density at radius 1 is 1.02 bits per heavy atom. The van der Waals surface area contributed by atoms with Gasteiger partial charge in [-0.3, -0.25) is 14.9 Å². The first-order valence-corrected chi connectivity index (χ1v) is 15.9. The Labute approximate surface area is 267 Å². The van der Waals surface area contributed by atoms with Crippen molar-refractivity contribution in [1.82, 2.24) is 34.9 Å². The number of benzene rings is 1. The third-order valence-corrected chi connectivity index (χ3v) is 8.65. The minimum Gasteiger partial charge on any atom is -0.378 e. The number of nitrogens with one attached hydrogen (secondary N) is 2. The van der Waals surface area contributed by atoms with E-state index in [0.717, 1.165) is 63.4 Å². The van der Waals surface area contributed by atoms with Crippen LogP contribution in [0.2, 0.25) is 0 Å². The number of likely N-dealkylation sites (tertiary alicyclic amines) is 1. The van der Waals surface area contributed by atoms with Gasteiger partial charge in [0.1, 0.15) is 29.1 Å². The fourth-order valence-electron chi connectivity index (χ4n) is 6.26. The predicted octanol–water partition coefficient (Wildman–Crippen LogP) is 6.14. The van der Waals surface area contributed by atoms with E-state index in [1.807, 2.05) is 43.7 Å². The highest BCUT2D eigenvalue weighted by Gasteiger charge is 2.25. The molecule has 1 amide bonds. The van der Waals surface area contributed by atoms with Gasteiger partial charge in [-0.1, -0.05) is 18.9 Å². The number of aromatic nitrogens is 5. The number of unbranched alkanes of at least 4 members (excludes halogenated alkanes) is 3. The summed E-state index contributed by atoms with van der Waals surface area (Å²) in [6, 6.07) is 6.84. The van der Waals surface area contributed by atoms with Crippen LogP contribution in [0, 0.1) is 18.6 Å². The second-order valence-electron chi connectivity index (χ2n) is 12.2. The number of aliphatic hydroxyl groups excluding tert-OH is 1. The fraction of sp³-hybridized carbons (Fsp3) is 0.485. The lowest BCUT2D eigenvalue weighted by molar-refractivity contribution is -0.129. The first-order valence-electron chi connectivity index (χ1n) is 15.9. The number of carbonyl (C=O) groups is 1. The van der Waals surface area contributed by atoms with E-state index in [4.69, 9.17) is 5.21 Å². The van der Waals surface area contributed by atoms with Gasteiger partial charge >= 0.3 is 0 Å². The molecule has 4 aromatic rings. The van der Waals surface area contributed by atoms with Crippen LogP contribution in [0.3, 0.4) is 0 Å². The predicted molar refractivity (Wildman–Crippen MR) is 171 cm³/mol. The number of amides is 1. The molecule has 1 unspecified atom stereocenters. The van der Waals surface area contributed by atoms with Crippen LogP contribution in [0.1, 0.15) is 88.6 Å². The van der Waals surface area contributed by atoms with Gasteiger partial charge in [-0.15, -0.1) is 0 Å². The van der Waals surface area contributed by atoms with Crippen molar-refractivity contribution in [2.24, 2.45) is 0 Å². The molecule has 1 aliphatic heterocycles. The van der Waals surface area contributed by atoms with Crippen LogP contribution in [0.25, 0.3) is 22.3 Å². The monoisotopic (exact) mass is 636 g/mol. The van der Waals surface area contributed by atoms with Gasteiger partial charge in [0.05, 0.1) is 11.7 Å². The normalized spacial score (nSPS) is 15.0. The molecule has 11 nitrogen and oxygen atoms in total. The Bertz CT molecular complexity index is 1640. The summed E-state index contributed by atoms with van der Waals surface area (Å²) in [4.78, 5) is 30.5. The number of imidazole rings is 1. The number of pyridine rings is 1. The van der Waals surface area contributed by atoms with Crippen molar-refractivity contribution < 1.29 is 23.9 Å². The van der Waals surface area contributed by atoms with E-state index in [1.165, 1.54) is 6.07 Å². The maximum Gasteiger partial charge on any atom is 0.243 e. The molecule has 4 heterocycles. The third kappa shape index (κ3) is 7.83. The molecule has 13 heteroatoms. The summed E-state index contributed by atoms with van der Waals surface area (Å²) in [6.07, 6.45) is 8.64. The highest BCUT2D eigenvalue weighted by atomic mass is 19.1. The molecule has 46 heavy (non-hydrogen) atoms. The zero-order chi connectivity index (χ0) is 32.8. The number of halogens is 2. The smallest absolute Gasteiger partial charge is 0.243 e. The van der Waals surface area contributed by atoms with Gasteiger partial charge in [-0.2, -0.15) is 0 Å². The molecule has 0 bridgehead atoms. The molecule has 0 radical (unpaired) electrons. The molecule has 1 aliphatic rings. The van der Waals surface area contributed by atoms with Gasteiger partial charge in [-0.25, -0.2) is 34.2 Å². The molecule has 0 aliphatic carbocycles. The number of hydroxylamine groups is 1. The van der Waals surface area contributed by atoms with E-state index >= 15 is 4.39 Å². The van der Waals surface area contributed by atoms with Gasteiger partial charge in [0.15, 0.2) is 11.6 Å². The number of aliphatic hydroxyl groups is 1. The fourth-order valence-corrected chi connectivity index (χ4v) is 6.26. The molecule has 5 rings (SSSR count). The second-order valence-corrected chi connectivity index (χ2v) is 12.2. The van der Waals surface area contributed by atoms with Crippen LogP contribution in [0.15, 0.2) is 36.7 Å². The van der Waals surface area contributed by atoms with E-state index in [0.29, 0.717) is 41.5 Å². The zero-order valence-electron chi connectivity index (χ0n) is 26.5. The average Bonchev–Trinajstić information content (AvgIpc) is 3.40. The van der Waals surface area contributed by atoms with Crippen LogP contribution in [-0.2, 0) is 4.79 Å². The summed E-state index contributed by atoms with van der Waals surface area (Å²) in [7, 11) is 0. The lowest BCUT2D eigenvalue weighted by atomic mass is 9.90. The van der Waals surface area contributed by atoms with E-state index in [1.54, 1.807) is 11.5 Å². The van der Waals surface area contributed by atoms with Crippen LogP contribution in [-0.4, -0.2) is 64.9 Å². The van der Waals surface area contributed by atoms with E-state index in [2.05, 4.69) is 30.2 Å². The van der Waals surface area contributed by atoms with Crippen molar-refractivity contribution >= 4 is 28.7 Å². The molecule has 1 fully saturated rings. The maximum absolute atomic E-state index is 15.0. The minimum absolute atomic E-state index is 0.0230. The summed E-state index contributed by atoms with van der Waals surface area (Å²) in [5.74, 6) is 0.0699. The van der Waals surface area contributed by atoms with Gasteiger partial charge in [0.2, 0.25) is 11.9 Å². The van der Waals surface area contributed by atoms with E-state index < -0.39 is 17.9 Å². The highest BCUT2D eigenvalue weighted by molar-refractivity contribution is 5.83. The number of hydrogen-bond acceptors (Lipinski definition) is 9. The zero-order valence-corrected chi connectivity index (χ0v) is 26.5. The first-order chi connectivity index (χ1) is 22.1. The van der Waals surface area contributed by atoms with Crippen LogP contribution in [0.4, 0.5) is 20.5 Å². The lowest BCUT2D eigenvalue weighted by Gasteiger charge is -2.35. The third-order valence-electron chi connectivity index (χ3n) is 8.65. The standard InChI is InChI=1S/C33H42F2N8O3/c1-20(2)43-21(3)38-32-25(34)16-24(17-27(32)43)31-26(35)19-37-33(40-31)39-28-11-10-23(18-36-28)22-12-14-42(15-13-22)30(45)9-7-5-4-6-8-29(44)41-46/h10-11,16-20,22,30,45-46H,4-9,12-15H2,1-3H3,(H,41,44)(H,36,37,39,40). The van der Waals surface area contributed by atoms with Crippen LogP contribution < -0.4 is 10.8 Å². The average molecular weight is 637 g/mol. The molecule has 3 aromatic heterocycles. The number of carbonyl (C=O) groups excluding carboxylic acids is 1. The number of anilines is 2. The molecule has 4 N–H and O–H groups in total. The van der Waals surface area contributed by atoms with Crippen molar-refractivity contribution in [1.29, 1.82) is 0 Å². The molecule has 1 atom stereocenters. The molecular formula is C33H42F2N8O3. The SMILES string of the molecule is Cc1nc2c(F)cc(-c3nc(Nc4ccc(C5CCN(C(O)CCCCCCC(=O)NO)CC5)cn4)ncc3F)cc2n1C(C)C. The largest absolute Gasteiger partial charge is 0.378 e. The topological polar surface area (TPSA) is 141 Å². The van der Waals surface area contributed by atoms with Crippen LogP contribution >= 0.6 is 0 Å². The van der Waals surface area contributed by atoms with Crippen LogP contribution in [0.5, 0.6) is 0 Å². The summed E-state index contributed by atoms with van der Waals surface area (Å²) in [5.41, 5.74) is 3.83. The molecule has 0 spiro atoms. The van der Waals surface area contributed by atoms with Gasteiger partial charge in [-0.05, 0) is 82.6 Å². The minimum atomic E-state index is -0.666. The summed E-state index contributed by atoms with van der Waals surface area (Å²) >= 11 is 0. The summed E-state index contributed by atoms with van der Waals surface area (Å²) in [6.45, 7) is 7.36. The van der Waals surface area contributed by atoms with Gasteiger partial charge in [0.25, 0.3) is 0 Å². The second kappa shape index (κ2) is 15.0. The maximum atomic E-state index is 15.0. The number of piperidine rings is 1. The highest BCUT2D eigenvalue weighted by Crippen LogP contribution is 2.32. The number of hydrogen-bond donors (Lipinski definition) is 4. The number of fused-ring (bicyclic) bond motifs is 1. The Kier molecular flexibility index (Phi) is 10.9. The van der Waals surface area contributed by atoms with E-state index in [-0.39, 0.29) is 29.1 Å². The van der Waals surface area contributed by atoms with Crippen molar-refractivity contribution in [3.63, 3.8) is 0 Å². The van der Waals surface area contributed by atoms with Gasteiger partial charge in [0, 0.05) is 37.3 Å². The number of aryl methyl sites for hydroxylation is 1. The molecule has 1 saturated heterocycles. The summed E-state index contributed by atoms with van der Waals surface area (Å²) in [5, 5.41) is 22.2. The summed E-state index contributed by atoms with van der Waals surface area (Å²) < 4.78 is 31.9. The molecule has 1 aromatic carbocycles. The number of nitrogens with zero attached hydrogens (tertiary/aromatic N) is 6. The Hall–Kier alpha value is -4.07. The van der Waals surface area contributed by atoms with Crippen molar-refractivity contribution in [3.05, 3.63) is 59.7 Å². The quantitative estimate of drug-likeness (QED) is 0.0773. The Morgan fingerprint density at radius 3 is 2.48 bits per heavy atom. The van der Waals surface area contributed by atoms with E-state index in [9.17, 15) is 14.3 Å². The van der Waals surface area contributed by atoms with Crippen molar-refractivity contribution in [2.75, 3.05) is 18.4 Å². The lowest BCUT2D eigenvalue weighted by Crippen LogP contribution is -2.40. The molecule has 246 valence electrons. The Morgan fingerprint density at radius 2 is 1.78 bits per heavy atom. The number of rotatable bonds is 13. The van der Waals surface area contributed by atoms with Gasteiger partial charge < -0.3 is 15.0 Å². The Balaban J connectivity index is 1.16.